The van der Waals surface area contributed by atoms with Crippen molar-refractivity contribution in [2.45, 2.75) is 39.2 Å². The standard InChI is InChI=1S/C17H23NO4/c1-16(2)9-13(16)15(21)18-17(3,10-14(19)20)11-6-5-7-12(8-11)22-4/h5-8,13H,9-10H2,1-4H3,(H,18,21)(H,19,20)/t13-,17?/m1/s1. The Morgan fingerprint density at radius 1 is 1.45 bits per heavy atom. The Kier molecular flexibility index (Phi) is 4.18. The van der Waals surface area contributed by atoms with Gasteiger partial charge in [-0.15, -0.1) is 0 Å². The Balaban J connectivity index is 2.27. The Morgan fingerprint density at radius 3 is 2.59 bits per heavy atom. The van der Waals surface area contributed by atoms with Crippen molar-refractivity contribution in [3.63, 3.8) is 0 Å². The lowest BCUT2D eigenvalue weighted by Gasteiger charge is -2.30. The minimum absolute atomic E-state index is 0.00257. The maximum Gasteiger partial charge on any atom is 0.306 e. The van der Waals surface area contributed by atoms with Crippen LogP contribution in [0.1, 0.15) is 39.2 Å². The van der Waals surface area contributed by atoms with E-state index >= 15 is 0 Å². The average molecular weight is 305 g/mol. The number of benzene rings is 1. The van der Waals surface area contributed by atoms with Crippen LogP contribution in [0.15, 0.2) is 24.3 Å². The van der Waals surface area contributed by atoms with Crippen molar-refractivity contribution in [3.05, 3.63) is 29.8 Å². The molecule has 1 aromatic carbocycles. The fourth-order valence-corrected chi connectivity index (χ4v) is 2.76. The summed E-state index contributed by atoms with van der Waals surface area (Å²) < 4.78 is 5.19. The van der Waals surface area contributed by atoms with Crippen molar-refractivity contribution < 1.29 is 19.4 Å². The number of aliphatic carboxylic acids is 1. The highest BCUT2D eigenvalue weighted by Gasteiger charge is 2.51. The molecule has 1 aliphatic carbocycles. The van der Waals surface area contributed by atoms with Crippen LogP contribution in [-0.2, 0) is 15.1 Å². The number of hydrogen-bond acceptors (Lipinski definition) is 3. The first-order valence-corrected chi connectivity index (χ1v) is 7.36. The lowest BCUT2D eigenvalue weighted by molar-refractivity contribution is -0.139. The van der Waals surface area contributed by atoms with Crippen LogP contribution in [0.5, 0.6) is 5.75 Å². The molecule has 5 heteroatoms. The summed E-state index contributed by atoms with van der Waals surface area (Å²) in [5.74, 6) is -0.460. The van der Waals surface area contributed by atoms with Gasteiger partial charge in [-0.1, -0.05) is 26.0 Å². The fraction of sp³-hybridized carbons (Fsp3) is 0.529. The summed E-state index contributed by atoms with van der Waals surface area (Å²) in [5.41, 5.74) is -0.236. The van der Waals surface area contributed by atoms with E-state index in [0.717, 1.165) is 12.0 Å². The third kappa shape index (κ3) is 3.40. The van der Waals surface area contributed by atoms with Crippen molar-refractivity contribution in [1.82, 2.24) is 5.32 Å². The maximum atomic E-state index is 12.4. The van der Waals surface area contributed by atoms with E-state index < -0.39 is 11.5 Å². The van der Waals surface area contributed by atoms with Gasteiger partial charge in [0.2, 0.25) is 5.91 Å². The highest BCUT2D eigenvalue weighted by atomic mass is 16.5. The van der Waals surface area contributed by atoms with Gasteiger partial charge >= 0.3 is 5.97 Å². The molecule has 120 valence electrons. The molecule has 1 fully saturated rings. The highest BCUT2D eigenvalue weighted by molar-refractivity contribution is 5.84. The molecule has 1 aliphatic rings. The molecule has 22 heavy (non-hydrogen) atoms. The highest BCUT2D eigenvalue weighted by Crippen LogP contribution is 2.52. The van der Waals surface area contributed by atoms with Gasteiger partial charge in [-0.3, -0.25) is 9.59 Å². The van der Waals surface area contributed by atoms with Gasteiger partial charge in [0.25, 0.3) is 0 Å². The van der Waals surface area contributed by atoms with E-state index in [4.69, 9.17) is 4.74 Å². The van der Waals surface area contributed by atoms with Gasteiger partial charge in [-0.25, -0.2) is 0 Å². The van der Waals surface area contributed by atoms with Crippen molar-refractivity contribution in [2.75, 3.05) is 7.11 Å². The molecular formula is C17H23NO4. The van der Waals surface area contributed by atoms with Crippen LogP contribution in [0.4, 0.5) is 0 Å². The molecule has 0 aliphatic heterocycles. The molecule has 1 amide bonds. The predicted octanol–water partition coefficient (Wildman–Crippen LogP) is 2.55. The molecule has 1 unspecified atom stereocenters. The van der Waals surface area contributed by atoms with Gasteiger partial charge in [0, 0.05) is 5.92 Å². The number of carboxylic acids is 1. The molecule has 1 saturated carbocycles. The fourth-order valence-electron chi connectivity index (χ4n) is 2.76. The van der Waals surface area contributed by atoms with Gasteiger partial charge < -0.3 is 15.2 Å². The predicted molar refractivity (Wildman–Crippen MR) is 82.6 cm³/mol. The average Bonchev–Trinajstić information content (AvgIpc) is 3.07. The molecule has 2 rings (SSSR count). The summed E-state index contributed by atoms with van der Waals surface area (Å²) in [4.78, 5) is 23.7. The van der Waals surface area contributed by atoms with Crippen molar-refractivity contribution >= 4 is 11.9 Å². The molecule has 0 radical (unpaired) electrons. The van der Waals surface area contributed by atoms with E-state index in [-0.39, 0.29) is 23.7 Å². The quantitative estimate of drug-likeness (QED) is 0.847. The molecule has 1 aromatic rings. The van der Waals surface area contributed by atoms with Gasteiger partial charge in [-0.05, 0) is 36.5 Å². The number of carbonyl (C=O) groups excluding carboxylic acids is 1. The van der Waals surface area contributed by atoms with Gasteiger partial charge in [-0.2, -0.15) is 0 Å². The molecule has 0 heterocycles. The molecule has 0 spiro atoms. The number of carbonyl (C=O) groups is 2. The number of ether oxygens (including phenoxy) is 1. The molecule has 0 saturated heterocycles. The lowest BCUT2D eigenvalue weighted by atomic mass is 9.88. The first-order valence-electron chi connectivity index (χ1n) is 7.36. The largest absolute Gasteiger partial charge is 0.497 e. The smallest absolute Gasteiger partial charge is 0.306 e. The molecule has 0 aromatic heterocycles. The maximum absolute atomic E-state index is 12.4. The van der Waals surface area contributed by atoms with Crippen LogP contribution < -0.4 is 10.1 Å². The van der Waals surface area contributed by atoms with Crippen LogP contribution in [0.2, 0.25) is 0 Å². The van der Waals surface area contributed by atoms with E-state index in [0.29, 0.717) is 5.75 Å². The number of hydrogen-bond donors (Lipinski definition) is 2. The molecular weight excluding hydrogens is 282 g/mol. The first kappa shape index (κ1) is 16.3. The number of amides is 1. The van der Waals surface area contributed by atoms with Gasteiger partial charge in [0.15, 0.2) is 0 Å². The van der Waals surface area contributed by atoms with Crippen LogP contribution in [-0.4, -0.2) is 24.1 Å². The minimum atomic E-state index is -0.962. The topological polar surface area (TPSA) is 75.6 Å². The Bertz CT molecular complexity index is 596. The normalized spacial score (nSPS) is 21.5. The van der Waals surface area contributed by atoms with Crippen molar-refractivity contribution in [1.29, 1.82) is 0 Å². The molecule has 0 bridgehead atoms. The third-order valence-corrected chi connectivity index (χ3v) is 4.44. The van der Waals surface area contributed by atoms with Crippen LogP contribution in [0, 0.1) is 11.3 Å². The monoisotopic (exact) mass is 305 g/mol. The van der Waals surface area contributed by atoms with Crippen LogP contribution in [0.3, 0.4) is 0 Å². The molecule has 2 N–H and O–H groups in total. The number of rotatable bonds is 6. The van der Waals surface area contributed by atoms with E-state index in [2.05, 4.69) is 5.32 Å². The Labute approximate surface area is 130 Å². The van der Waals surface area contributed by atoms with Crippen molar-refractivity contribution in [2.24, 2.45) is 11.3 Å². The summed E-state index contributed by atoms with van der Waals surface area (Å²) >= 11 is 0. The summed E-state index contributed by atoms with van der Waals surface area (Å²) in [6.45, 7) is 5.82. The Morgan fingerprint density at radius 2 is 2.09 bits per heavy atom. The number of carboxylic acid groups (broad SMARTS) is 1. The summed E-state index contributed by atoms with van der Waals surface area (Å²) in [6.07, 6.45) is 0.652. The second-order valence-corrected chi connectivity index (χ2v) is 6.87. The zero-order valence-corrected chi connectivity index (χ0v) is 13.5. The van der Waals surface area contributed by atoms with E-state index in [1.54, 1.807) is 32.2 Å². The first-order chi connectivity index (χ1) is 10.2. The molecule has 2 atom stereocenters. The SMILES string of the molecule is COc1cccc(C(C)(CC(=O)O)NC(=O)[C@H]2CC2(C)C)c1. The van der Waals surface area contributed by atoms with E-state index in [1.165, 1.54) is 0 Å². The summed E-state index contributed by atoms with van der Waals surface area (Å²) in [5, 5.41) is 12.2. The second kappa shape index (κ2) is 5.63. The summed E-state index contributed by atoms with van der Waals surface area (Å²) in [6, 6.07) is 7.16. The third-order valence-electron chi connectivity index (χ3n) is 4.44. The van der Waals surface area contributed by atoms with E-state index in [1.807, 2.05) is 19.9 Å². The van der Waals surface area contributed by atoms with Gasteiger partial charge in [0.05, 0.1) is 19.1 Å². The number of methoxy groups -OCH3 is 1. The Hall–Kier alpha value is -2.04. The van der Waals surface area contributed by atoms with Crippen molar-refractivity contribution in [3.8, 4) is 5.75 Å². The lowest BCUT2D eigenvalue weighted by Crippen LogP contribution is -2.46. The van der Waals surface area contributed by atoms with E-state index in [9.17, 15) is 14.7 Å². The van der Waals surface area contributed by atoms with Gasteiger partial charge in [0.1, 0.15) is 5.75 Å². The van der Waals surface area contributed by atoms with Crippen LogP contribution in [0.25, 0.3) is 0 Å². The zero-order chi connectivity index (χ0) is 16.5. The number of nitrogens with one attached hydrogen (secondary N) is 1. The second-order valence-electron chi connectivity index (χ2n) is 6.87. The zero-order valence-electron chi connectivity index (χ0n) is 13.5. The minimum Gasteiger partial charge on any atom is -0.497 e. The summed E-state index contributed by atoms with van der Waals surface area (Å²) in [7, 11) is 1.55. The van der Waals surface area contributed by atoms with Crippen LogP contribution >= 0.6 is 0 Å². The molecule has 5 nitrogen and oxygen atoms in total.